The molecule has 2 aromatic carbocycles. The molecule has 1 unspecified atom stereocenters. The number of carbonyl (C=O) groups is 1. The summed E-state index contributed by atoms with van der Waals surface area (Å²) < 4.78 is 5.69. The van der Waals surface area contributed by atoms with Crippen LogP contribution in [-0.4, -0.2) is 28.9 Å². The van der Waals surface area contributed by atoms with Crippen molar-refractivity contribution in [3.8, 4) is 16.9 Å². The first-order valence-electron chi connectivity index (χ1n) is 10.1. The fraction of sp³-hybridized carbons (Fsp3) is 0.458. The van der Waals surface area contributed by atoms with E-state index in [9.17, 15) is 15.0 Å². The van der Waals surface area contributed by atoms with Crippen molar-refractivity contribution < 1.29 is 19.7 Å². The van der Waals surface area contributed by atoms with Crippen LogP contribution < -0.4 is 4.74 Å². The van der Waals surface area contributed by atoms with Gasteiger partial charge in [-0.15, -0.1) is 0 Å². The molecule has 0 aliphatic rings. The summed E-state index contributed by atoms with van der Waals surface area (Å²) >= 11 is 6.41. The van der Waals surface area contributed by atoms with Crippen LogP contribution in [0.1, 0.15) is 69.3 Å². The predicted molar refractivity (Wildman–Crippen MR) is 118 cm³/mol. The SMILES string of the molecule is CCC(CC)c1ccc(C(=O)O)c(-c2ccc(OCC(O)C(C)(C)C)c(Cl)c2)c1. The standard InChI is InChI=1S/C24H31ClO4/c1-6-15(7-2)16-8-10-18(23(27)28)19(12-16)17-9-11-21(20(25)13-17)29-14-22(26)24(3,4)5/h8-13,15,22,26H,6-7,14H2,1-5H3,(H,27,28). The van der Waals surface area contributed by atoms with Crippen LogP contribution in [0.3, 0.4) is 0 Å². The van der Waals surface area contributed by atoms with Gasteiger partial charge in [0.05, 0.1) is 16.7 Å². The summed E-state index contributed by atoms with van der Waals surface area (Å²) in [6, 6.07) is 10.8. The number of benzene rings is 2. The number of carboxylic acid groups (broad SMARTS) is 1. The maximum atomic E-state index is 11.8. The van der Waals surface area contributed by atoms with Gasteiger partial charge in [-0.25, -0.2) is 4.79 Å². The van der Waals surface area contributed by atoms with Gasteiger partial charge in [-0.05, 0) is 59.1 Å². The third-order valence-electron chi connectivity index (χ3n) is 5.37. The van der Waals surface area contributed by atoms with Crippen molar-refractivity contribution in [3.05, 3.63) is 52.5 Å². The molecule has 0 bridgehead atoms. The Kier molecular flexibility index (Phi) is 7.73. The van der Waals surface area contributed by atoms with Gasteiger partial charge in [-0.1, -0.05) is 64.4 Å². The lowest BCUT2D eigenvalue weighted by Gasteiger charge is -2.25. The number of aromatic carboxylic acids is 1. The van der Waals surface area contributed by atoms with Crippen molar-refractivity contribution in [3.63, 3.8) is 0 Å². The largest absolute Gasteiger partial charge is 0.489 e. The molecule has 0 heterocycles. The third kappa shape index (κ3) is 5.74. The van der Waals surface area contributed by atoms with Crippen LogP contribution in [-0.2, 0) is 0 Å². The molecule has 0 spiro atoms. The fourth-order valence-electron chi connectivity index (χ4n) is 3.21. The van der Waals surface area contributed by atoms with E-state index in [-0.39, 0.29) is 17.6 Å². The second kappa shape index (κ2) is 9.64. The topological polar surface area (TPSA) is 66.8 Å². The number of ether oxygens (including phenoxy) is 1. The molecule has 158 valence electrons. The number of aliphatic hydroxyl groups is 1. The number of hydrogen-bond donors (Lipinski definition) is 2. The lowest BCUT2D eigenvalue weighted by Crippen LogP contribution is -2.31. The molecule has 0 amide bonds. The number of halogens is 1. The van der Waals surface area contributed by atoms with Crippen LogP contribution in [0, 0.1) is 5.41 Å². The van der Waals surface area contributed by atoms with E-state index in [1.807, 2.05) is 39.0 Å². The van der Waals surface area contributed by atoms with E-state index in [0.717, 1.165) is 24.0 Å². The van der Waals surface area contributed by atoms with Gasteiger partial charge in [0.2, 0.25) is 0 Å². The van der Waals surface area contributed by atoms with Gasteiger partial charge in [0.15, 0.2) is 0 Å². The minimum atomic E-state index is -0.971. The molecule has 0 saturated heterocycles. The molecular weight excluding hydrogens is 388 g/mol. The molecule has 0 aliphatic carbocycles. The van der Waals surface area contributed by atoms with E-state index >= 15 is 0 Å². The molecule has 0 radical (unpaired) electrons. The van der Waals surface area contributed by atoms with Gasteiger partial charge >= 0.3 is 5.97 Å². The van der Waals surface area contributed by atoms with Crippen LogP contribution >= 0.6 is 11.6 Å². The number of carboxylic acids is 1. The van der Waals surface area contributed by atoms with Gasteiger partial charge < -0.3 is 14.9 Å². The molecule has 2 aromatic rings. The summed E-state index contributed by atoms with van der Waals surface area (Å²) in [7, 11) is 0. The summed E-state index contributed by atoms with van der Waals surface area (Å²) in [4.78, 5) is 11.8. The molecule has 0 aromatic heterocycles. The van der Waals surface area contributed by atoms with Gasteiger partial charge in [0.25, 0.3) is 0 Å². The van der Waals surface area contributed by atoms with Crippen LogP contribution in [0.15, 0.2) is 36.4 Å². The van der Waals surface area contributed by atoms with Crippen LogP contribution in [0.2, 0.25) is 5.02 Å². The zero-order chi connectivity index (χ0) is 21.8. The van der Waals surface area contributed by atoms with Crippen molar-refractivity contribution >= 4 is 17.6 Å². The third-order valence-corrected chi connectivity index (χ3v) is 5.67. The Morgan fingerprint density at radius 3 is 2.28 bits per heavy atom. The van der Waals surface area contributed by atoms with Crippen LogP contribution in [0.5, 0.6) is 5.75 Å². The summed E-state index contributed by atoms with van der Waals surface area (Å²) in [6.07, 6.45) is 1.35. The van der Waals surface area contributed by atoms with E-state index in [4.69, 9.17) is 16.3 Å². The van der Waals surface area contributed by atoms with Gasteiger partial charge in [-0.3, -0.25) is 0 Å². The maximum Gasteiger partial charge on any atom is 0.336 e. The summed E-state index contributed by atoms with van der Waals surface area (Å²) in [5.41, 5.74) is 2.44. The number of hydrogen-bond acceptors (Lipinski definition) is 3. The van der Waals surface area contributed by atoms with E-state index in [0.29, 0.717) is 22.3 Å². The van der Waals surface area contributed by atoms with Gasteiger partial charge in [0.1, 0.15) is 12.4 Å². The zero-order valence-corrected chi connectivity index (χ0v) is 18.6. The Labute approximate surface area is 178 Å². The predicted octanol–water partition coefficient (Wildman–Crippen LogP) is 6.39. The lowest BCUT2D eigenvalue weighted by atomic mass is 9.89. The van der Waals surface area contributed by atoms with E-state index in [1.54, 1.807) is 18.2 Å². The van der Waals surface area contributed by atoms with E-state index < -0.39 is 12.1 Å². The van der Waals surface area contributed by atoms with Crippen molar-refractivity contribution in [1.82, 2.24) is 0 Å². The van der Waals surface area contributed by atoms with E-state index in [1.165, 1.54) is 0 Å². The van der Waals surface area contributed by atoms with E-state index in [2.05, 4.69) is 13.8 Å². The molecular formula is C24H31ClO4. The molecule has 0 saturated carbocycles. The van der Waals surface area contributed by atoms with Crippen molar-refractivity contribution in [2.45, 2.75) is 59.5 Å². The first-order valence-corrected chi connectivity index (χ1v) is 10.4. The van der Waals surface area contributed by atoms with Gasteiger partial charge in [0, 0.05) is 0 Å². The first-order chi connectivity index (χ1) is 13.6. The lowest BCUT2D eigenvalue weighted by molar-refractivity contribution is 0.0218. The maximum absolute atomic E-state index is 11.8. The molecule has 5 heteroatoms. The average molecular weight is 419 g/mol. The van der Waals surface area contributed by atoms with Crippen molar-refractivity contribution in [2.24, 2.45) is 5.41 Å². The quantitative estimate of drug-likeness (QED) is 0.520. The highest BCUT2D eigenvalue weighted by molar-refractivity contribution is 6.32. The highest BCUT2D eigenvalue weighted by Crippen LogP contribution is 2.35. The molecule has 0 aliphatic heterocycles. The van der Waals surface area contributed by atoms with Crippen molar-refractivity contribution in [1.29, 1.82) is 0 Å². The van der Waals surface area contributed by atoms with Crippen LogP contribution in [0.25, 0.3) is 11.1 Å². The second-order valence-corrected chi connectivity index (χ2v) is 8.87. The Morgan fingerprint density at radius 2 is 1.76 bits per heavy atom. The monoisotopic (exact) mass is 418 g/mol. The summed E-state index contributed by atoms with van der Waals surface area (Å²) in [5, 5.41) is 20.2. The van der Waals surface area contributed by atoms with Crippen LogP contribution in [0.4, 0.5) is 0 Å². The number of rotatable bonds is 8. The average Bonchev–Trinajstić information content (AvgIpc) is 2.66. The minimum absolute atomic E-state index is 0.132. The Balaban J connectivity index is 2.37. The summed E-state index contributed by atoms with van der Waals surface area (Å²) in [5.74, 6) is -0.124. The normalized spacial score (nSPS) is 12.8. The molecule has 1 atom stereocenters. The fourth-order valence-corrected chi connectivity index (χ4v) is 3.44. The Morgan fingerprint density at radius 1 is 1.10 bits per heavy atom. The smallest absolute Gasteiger partial charge is 0.336 e. The Bertz CT molecular complexity index is 850. The first kappa shape index (κ1) is 23.2. The molecule has 4 nitrogen and oxygen atoms in total. The van der Waals surface area contributed by atoms with Gasteiger partial charge in [-0.2, -0.15) is 0 Å². The second-order valence-electron chi connectivity index (χ2n) is 8.46. The molecule has 2 rings (SSSR count). The zero-order valence-electron chi connectivity index (χ0n) is 17.8. The highest BCUT2D eigenvalue weighted by atomic mass is 35.5. The highest BCUT2D eigenvalue weighted by Gasteiger charge is 2.23. The molecule has 29 heavy (non-hydrogen) atoms. The Hall–Kier alpha value is -2.04. The molecule has 2 N–H and O–H groups in total. The minimum Gasteiger partial charge on any atom is -0.489 e. The molecule has 0 fully saturated rings. The number of aliphatic hydroxyl groups excluding tert-OH is 1. The van der Waals surface area contributed by atoms with Crippen molar-refractivity contribution in [2.75, 3.05) is 6.61 Å². The summed E-state index contributed by atoms with van der Waals surface area (Å²) in [6.45, 7) is 10.2.